The smallest absolute Gasteiger partial charge is 0.225 e. The fraction of sp³-hybridized carbons (Fsp3) is 0.414. The molecule has 2 aliphatic heterocycles. The number of carbonyl (C=O) groups is 1. The maximum Gasteiger partial charge on any atom is 0.225 e. The van der Waals surface area contributed by atoms with E-state index in [1.807, 2.05) is 36.1 Å². The van der Waals surface area contributed by atoms with Crippen LogP contribution in [0.1, 0.15) is 36.8 Å². The number of hydrogen-bond acceptors (Lipinski definition) is 6. The molecule has 4 heterocycles. The highest BCUT2D eigenvalue weighted by Crippen LogP contribution is 2.38. The number of likely N-dealkylation sites (tertiary alicyclic amines) is 1. The number of nitrogens with zero attached hydrogens (tertiary/aromatic N) is 4. The summed E-state index contributed by atoms with van der Waals surface area (Å²) in [6.07, 6.45) is 4.55. The number of anilines is 2. The molecule has 2 aromatic heterocycles. The van der Waals surface area contributed by atoms with Crippen molar-refractivity contribution in [2.75, 3.05) is 36.8 Å². The SMILES string of the molecule is Cc1cc(C2CN(C(=O)C3CCN(c4ccc(N)cn4)CC3)CC2C(C)Oc2ccc(Cl)cn2)ccc1F. The van der Waals surface area contributed by atoms with Crippen LogP contribution in [-0.2, 0) is 4.79 Å². The number of carbonyl (C=O) groups excluding carboxylic acids is 1. The molecular formula is C29H33ClFN5O2. The van der Waals surface area contributed by atoms with Crippen LogP contribution in [0.15, 0.2) is 54.9 Å². The summed E-state index contributed by atoms with van der Waals surface area (Å²) >= 11 is 5.98. The van der Waals surface area contributed by atoms with Gasteiger partial charge in [-0.2, -0.15) is 0 Å². The van der Waals surface area contributed by atoms with Gasteiger partial charge in [0, 0.05) is 56.2 Å². The topological polar surface area (TPSA) is 84.6 Å². The van der Waals surface area contributed by atoms with Gasteiger partial charge in [-0.25, -0.2) is 14.4 Å². The van der Waals surface area contributed by atoms with Crippen molar-refractivity contribution in [1.29, 1.82) is 0 Å². The minimum Gasteiger partial charge on any atom is -0.474 e. The molecule has 0 spiro atoms. The van der Waals surface area contributed by atoms with E-state index in [4.69, 9.17) is 22.1 Å². The first-order valence-electron chi connectivity index (χ1n) is 13.1. The fourth-order valence-corrected chi connectivity index (χ4v) is 5.76. The molecule has 5 rings (SSSR count). The van der Waals surface area contributed by atoms with Crippen molar-refractivity contribution in [2.24, 2.45) is 11.8 Å². The molecule has 1 aromatic carbocycles. The standard InChI is InChI=1S/C29H33ClFN5O2/c1-18-13-21(3-6-26(18)31)25-17-36(16-24(25)19(2)38-28-8-4-22(30)14-34-28)29(37)20-9-11-35(12-10-20)27-7-5-23(32)15-33-27/h3-8,13-15,19-20,24-25H,9-12,16-17,32H2,1-2H3. The van der Waals surface area contributed by atoms with Gasteiger partial charge in [0.05, 0.1) is 16.9 Å². The number of halogens is 2. The van der Waals surface area contributed by atoms with Gasteiger partial charge in [-0.15, -0.1) is 0 Å². The molecule has 2 N–H and O–H groups in total. The lowest BCUT2D eigenvalue weighted by Crippen LogP contribution is -2.42. The maximum absolute atomic E-state index is 14.1. The summed E-state index contributed by atoms with van der Waals surface area (Å²) in [4.78, 5) is 26.6. The van der Waals surface area contributed by atoms with Crippen LogP contribution in [0.4, 0.5) is 15.9 Å². The molecule has 2 aliphatic rings. The highest BCUT2D eigenvalue weighted by molar-refractivity contribution is 6.30. The minimum absolute atomic E-state index is 0.0274. The van der Waals surface area contributed by atoms with Crippen molar-refractivity contribution in [3.63, 3.8) is 0 Å². The fourth-order valence-electron chi connectivity index (χ4n) is 5.64. The zero-order chi connectivity index (χ0) is 26.8. The van der Waals surface area contributed by atoms with Crippen LogP contribution in [-0.4, -0.2) is 53.1 Å². The first kappa shape index (κ1) is 26.2. The van der Waals surface area contributed by atoms with Gasteiger partial charge in [0.15, 0.2) is 0 Å². The Hall–Kier alpha value is -3.39. The lowest BCUT2D eigenvalue weighted by Gasteiger charge is -2.34. The Morgan fingerprint density at radius 2 is 1.89 bits per heavy atom. The summed E-state index contributed by atoms with van der Waals surface area (Å²) < 4.78 is 20.3. The van der Waals surface area contributed by atoms with Gasteiger partial charge in [-0.1, -0.05) is 23.7 Å². The van der Waals surface area contributed by atoms with E-state index in [2.05, 4.69) is 14.9 Å². The predicted molar refractivity (Wildman–Crippen MR) is 147 cm³/mol. The first-order valence-corrected chi connectivity index (χ1v) is 13.5. The average Bonchev–Trinajstić information content (AvgIpc) is 3.37. The number of hydrogen-bond donors (Lipinski definition) is 1. The van der Waals surface area contributed by atoms with Gasteiger partial charge in [-0.05, 0) is 62.1 Å². The molecule has 0 saturated carbocycles. The zero-order valence-corrected chi connectivity index (χ0v) is 22.4. The molecule has 38 heavy (non-hydrogen) atoms. The molecule has 0 aliphatic carbocycles. The van der Waals surface area contributed by atoms with Crippen LogP contribution in [0.25, 0.3) is 0 Å². The number of benzene rings is 1. The lowest BCUT2D eigenvalue weighted by molar-refractivity contribution is -0.135. The first-order chi connectivity index (χ1) is 18.3. The van der Waals surface area contributed by atoms with Gasteiger partial charge in [0.2, 0.25) is 11.8 Å². The summed E-state index contributed by atoms with van der Waals surface area (Å²) in [7, 11) is 0. The third-order valence-corrected chi connectivity index (χ3v) is 8.06. The number of piperidine rings is 1. The normalized spacial score (nSPS) is 20.9. The van der Waals surface area contributed by atoms with Crippen molar-refractivity contribution in [3.8, 4) is 5.88 Å². The molecule has 1 amide bonds. The largest absolute Gasteiger partial charge is 0.474 e. The molecule has 7 nitrogen and oxygen atoms in total. The summed E-state index contributed by atoms with van der Waals surface area (Å²) in [5.41, 5.74) is 8.03. The summed E-state index contributed by atoms with van der Waals surface area (Å²) in [5, 5.41) is 0.542. The molecule has 0 radical (unpaired) electrons. The maximum atomic E-state index is 14.1. The van der Waals surface area contributed by atoms with Crippen LogP contribution in [0.2, 0.25) is 5.02 Å². The van der Waals surface area contributed by atoms with E-state index >= 15 is 0 Å². The Labute approximate surface area is 227 Å². The van der Waals surface area contributed by atoms with Gasteiger partial charge >= 0.3 is 0 Å². The highest BCUT2D eigenvalue weighted by atomic mass is 35.5. The van der Waals surface area contributed by atoms with Gasteiger partial charge in [0.25, 0.3) is 0 Å². The van der Waals surface area contributed by atoms with Gasteiger partial charge < -0.3 is 20.3 Å². The summed E-state index contributed by atoms with van der Waals surface area (Å²) in [5.74, 6) is 1.35. The second kappa shape index (κ2) is 11.2. The molecular weight excluding hydrogens is 505 g/mol. The van der Waals surface area contributed by atoms with Gasteiger partial charge in [0.1, 0.15) is 17.7 Å². The number of nitrogens with two attached hydrogens (primary N) is 1. The van der Waals surface area contributed by atoms with E-state index in [1.54, 1.807) is 31.5 Å². The monoisotopic (exact) mass is 537 g/mol. The zero-order valence-electron chi connectivity index (χ0n) is 21.7. The lowest BCUT2D eigenvalue weighted by atomic mass is 9.85. The third kappa shape index (κ3) is 5.70. The quantitative estimate of drug-likeness (QED) is 0.472. The van der Waals surface area contributed by atoms with E-state index in [1.165, 1.54) is 6.07 Å². The van der Waals surface area contributed by atoms with E-state index < -0.39 is 0 Å². The molecule has 200 valence electrons. The molecule has 3 atom stereocenters. The van der Waals surface area contributed by atoms with Crippen LogP contribution < -0.4 is 15.4 Å². The third-order valence-electron chi connectivity index (χ3n) is 7.84. The van der Waals surface area contributed by atoms with Crippen molar-refractivity contribution in [1.82, 2.24) is 14.9 Å². The van der Waals surface area contributed by atoms with Crippen molar-refractivity contribution < 1.29 is 13.9 Å². The summed E-state index contributed by atoms with van der Waals surface area (Å²) in [6.45, 7) is 6.48. The predicted octanol–water partition coefficient (Wildman–Crippen LogP) is 5.09. The average molecular weight is 538 g/mol. The molecule has 3 aromatic rings. The number of nitrogen functional groups attached to an aromatic ring is 1. The molecule has 9 heteroatoms. The van der Waals surface area contributed by atoms with Crippen LogP contribution >= 0.6 is 11.6 Å². The Balaban J connectivity index is 1.30. The molecule has 3 unspecified atom stereocenters. The molecule has 2 fully saturated rings. The van der Waals surface area contributed by atoms with Crippen LogP contribution in [0.5, 0.6) is 5.88 Å². The van der Waals surface area contributed by atoms with Gasteiger partial charge in [-0.3, -0.25) is 4.79 Å². The Kier molecular flexibility index (Phi) is 7.70. The van der Waals surface area contributed by atoms with Crippen molar-refractivity contribution in [3.05, 3.63) is 76.8 Å². The number of ether oxygens (including phenoxy) is 1. The van der Waals surface area contributed by atoms with E-state index in [-0.39, 0.29) is 35.6 Å². The highest BCUT2D eigenvalue weighted by Gasteiger charge is 2.42. The molecule has 0 bridgehead atoms. The van der Waals surface area contributed by atoms with Crippen molar-refractivity contribution >= 4 is 29.0 Å². The Morgan fingerprint density at radius 3 is 2.55 bits per heavy atom. The number of amides is 1. The van der Waals surface area contributed by atoms with E-state index in [0.717, 1.165) is 37.3 Å². The van der Waals surface area contributed by atoms with Crippen LogP contribution in [0, 0.1) is 24.6 Å². The number of aromatic nitrogens is 2. The second-order valence-electron chi connectivity index (χ2n) is 10.4. The summed E-state index contributed by atoms with van der Waals surface area (Å²) in [6, 6.07) is 12.5. The Morgan fingerprint density at radius 1 is 1.11 bits per heavy atom. The minimum atomic E-state index is -0.228. The second-order valence-corrected chi connectivity index (χ2v) is 10.8. The number of rotatable bonds is 6. The van der Waals surface area contributed by atoms with Crippen LogP contribution in [0.3, 0.4) is 0 Å². The van der Waals surface area contributed by atoms with E-state index in [0.29, 0.717) is 35.2 Å². The molecule has 2 saturated heterocycles. The number of pyridine rings is 2. The Bertz CT molecular complexity index is 1260. The van der Waals surface area contributed by atoms with E-state index in [9.17, 15) is 9.18 Å². The number of aryl methyl sites for hydroxylation is 1. The van der Waals surface area contributed by atoms with Crippen molar-refractivity contribution in [2.45, 2.75) is 38.7 Å².